The molecule has 2 heterocycles. The highest BCUT2D eigenvalue weighted by Gasteiger charge is 2.36. The van der Waals surface area contributed by atoms with E-state index in [9.17, 15) is 10.5 Å². The van der Waals surface area contributed by atoms with Gasteiger partial charge in [-0.25, -0.2) is 0 Å². The van der Waals surface area contributed by atoms with E-state index in [0.717, 1.165) is 33.4 Å². The highest BCUT2D eigenvalue weighted by Crippen LogP contribution is 2.53. The Labute approximate surface area is 296 Å². The molecule has 0 atom stereocenters. The third-order valence-electron chi connectivity index (χ3n) is 10.5. The molecule has 0 N–H and O–H groups in total. The first-order valence-corrected chi connectivity index (χ1v) is 17.0. The molecule has 0 fully saturated rings. The summed E-state index contributed by atoms with van der Waals surface area (Å²) in [5.74, 6) is 0. The number of benzene rings is 6. The Morgan fingerprint density at radius 2 is 0.902 bits per heavy atom. The standard InChI is InChI=1S/C47H30N4/c1-47(2)43-10-6-5-7-37(43)40-21-41-42(22-44(40)47)46(34-17-13-32(14-18-34)36-20-30(24-49)26-51-28-36)39-9-4-3-8-38(39)45(41)33-15-11-31(12-16-33)35-19-29(23-48)25-50-27-35/h3-22,25-28H,1-2H3. The second-order valence-corrected chi connectivity index (χ2v) is 13.7. The maximum absolute atomic E-state index is 9.45. The Hall–Kier alpha value is -6.88. The van der Waals surface area contributed by atoms with Crippen molar-refractivity contribution in [3.63, 3.8) is 0 Å². The molecule has 4 nitrogen and oxygen atoms in total. The lowest BCUT2D eigenvalue weighted by molar-refractivity contribution is 0.661. The van der Waals surface area contributed by atoms with Gasteiger partial charge in [-0.1, -0.05) is 111 Å². The maximum atomic E-state index is 9.45. The fourth-order valence-corrected chi connectivity index (χ4v) is 7.97. The summed E-state index contributed by atoms with van der Waals surface area (Å²) in [4.78, 5) is 8.58. The van der Waals surface area contributed by atoms with Gasteiger partial charge in [0.25, 0.3) is 0 Å². The van der Waals surface area contributed by atoms with Crippen LogP contribution in [0.4, 0.5) is 0 Å². The van der Waals surface area contributed by atoms with Crippen LogP contribution in [0.5, 0.6) is 0 Å². The van der Waals surface area contributed by atoms with Crippen LogP contribution in [-0.2, 0) is 5.41 Å². The Morgan fingerprint density at radius 1 is 0.431 bits per heavy atom. The van der Waals surface area contributed by atoms with E-state index in [4.69, 9.17) is 0 Å². The summed E-state index contributed by atoms with van der Waals surface area (Å²) in [7, 11) is 0. The van der Waals surface area contributed by atoms with Crippen molar-refractivity contribution >= 4 is 21.5 Å². The Bertz CT molecular complexity index is 2780. The molecule has 0 unspecified atom stereocenters. The number of hydrogen-bond donors (Lipinski definition) is 0. The summed E-state index contributed by atoms with van der Waals surface area (Å²) in [6.07, 6.45) is 6.79. The van der Waals surface area contributed by atoms with Crippen LogP contribution in [0.3, 0.4) is 0 Å². The lowest BCUT2D eigenvalue weighted by Crippen LogP contribution is -2.14. The normalized spacial score (nSPS) is 12.6. The predicted octanol–water partition coefficient (Wildman–Crippen LogP) is 11.5. The minimum atomic E-state index is -0.153. The van der Waals surface area contributed by atoms with Crippen LogP contribution in [0, 0.1) is 22.7 Å². The second-order valence-electron chi connectivity index (χ2n) is 13.7. The summed E-state index contributed by atoms with van der Waals surface area (Å²) in [6, 6.07) is 47.9. The zero-order valence-electron chi connectivity index (χ0n) is 28.1. The molecule has 2 aromatic heterocycles. The number of nitrogens with zero attached hydrogens (tertiary/aromatic N) is 4. The smallest absolute Gasteiger partial charge is 0.101 e. The first kappa shape index (κ1) is 30.2. The van der Waals surface area contributed by atoms with Gasteiger partial charge in [0, 0.05) is 41.3 Å². The molecule has 9 rings (SSSR count). The lowest BCUT2D eigenvalue weighted by Gasteiger charge is -2.24. The van der Waals surface area contributed by atoms with Crippen molar-refractivity contribution in [1.82, 2.24) is 9.97 Å². The summed E-state index contributed by atoms with van der Waals surface area (Å²) < 4.78 is 0. The van der Waals surface area contributed by atoms with Crippen molar-refractivity contribution in [2.45, 2.75) is 19.3 Å². The van der Waals surface area contributed by atoms with E-state index in [2.05, 4.69) is 145 Å². The summed E-state index contributed by atoms with van der Waals surface area (Å²) in [5.41, 5.74) is 14.7. The zero-order chi connectivity index (χ0) is 34.7. The molecule has 0 amide bonds. The predicted molar refractivity (Wildman–Crippen MR) is 206 cm³/mol. The first-order valence-electron chi connectivity index (χ1n) is 17.0. The van der Waals surface area contributed by atoms with Crippen LogP contribution in [0.15, 0.2) is 146 Å². The van der Waals surface area contributed by atoms with Gasteiger partial charge in [-0.15, -0.1) is 0 Å². The van der Waals surface area contributed by atoms with Crippen molar-refractivity contribution in [3.8, 4) is 67.8 Å². The summed E-state index contributed by atoms with van der Waals surface area (Å²) in [5, 5.41) is 23.7. The number of hydrogen-bond acceptors (Lipinski definition) is 4. The highest BCUT2D eigenvalue weighted by molar-refractivity contribution is 6.22. The van der Waals surface area contributed by atoms with E-state index in [1.165, 1.54) is 54.9 Å². The number of aromatic nitrogens is 2. The lowest BCUT2D eigenvalue weighted by atomic mass is 9.79. The van der Waals surface area contributed by atoms with E-state index in [0.29, 0.717) is 11.1 Å². The van der Waals surface area contributed by atoms with Gasteiger partial charge in [-0.2, -0.15) is 10.5 Å². The average Bonchev–Trinajstić information content (AvgIpc) is 3.41. The third-order valence-corrected chi connectivity index (χ3v) is 10.5. The van der Waals surface area contributed by atoms with Crippen LogP contribution in [0.1, 0.15) is 36.1 Å². The van der Waals surface area contributed by atoms with Gasteiger partial charge in [0.15, 0.2) is 0 Å². The third kappa shape index (κ3) is 4.81. The van der Waals surface area contributed by atoms with Gasteiger partial charge >= 0.3 is 0 Å². The number of pyridine rings is 2. The monoisotopic (exact) mass is 650 g/mol. The molecule has 0 saturated heterocycles. The molecule has 1 aliphatic rings. The molecule has 6 aromatic carbocycles. The average molecular weight is 651 g/mol. The van der Waals surface area contributed by atoms with Crippen LogP contribution < -0.4 is 0 Å². The van der Waals surface area contributed by atoms with Crippen molar-refractivity contribution in [2.75, 3.05) is 0 Å². The van der Waals surface area contributed by atoms with Gasteiger partial charge in [0.05, 0.1) is 11.1 Å². The van der Waals surface area contributed by atoms with E-state index in [-0.39, 0.29) is 5.41 Å². The summed E-state index contributed by atoms with van der Waals surface area (Å²) >= 11 is 0. The number of nitriles is 2. The molecule has 0 saturated carbocycles. The molecule has 1 aliphatic carbocycles. The topological polar surface area (TPSA) is 73.4 Å². The Morgan fingerprint density at radius 3 is 1.43 bits per heavy atom. The Balaban J connectivity index is 1.31. The van der Waals surface area contributed by atoms with Crippen LogP contribution >= 0.6 is 0 Å². The largest absolute Gasteiger partial charge is 0.263 e. The van der Waals surface area contributed by atoms with E-state index in [1.807, 2.05) is 12.1 Å². The summed E-state index contributed by atoms with van der Waals surface area (Å²) in [6.45, 7) is 4.66. The zero-order valence-corrected chi connectivity index (χ0v) is 28.1. The molecular weight excluding hydrogens is 621 g/mol. The highest BCUT2D eigenvalue weighted by atomic mass is 14.6. The van der Waals surface area contributed by atoms with Crippen LogP contribution in [-0.4, -0.2) is 9.97 Å². The fourth-order valence-electron chi connectivity index (χ4n) is 7.97. The number of rotatable bonds is 4. The second kappa shape index (κ2) is 11.6. The molecule has 51 heavy (non-hydrogen) atoms. The van der Waals surface area contributed by atoms with E-state index in [1.54, 1.807) is 24.8 Å². The van der Waals surface area contributed by atoms with Crippen molar-refractivity contribution in [3.05, 3.63) is 168 Å². The van der Waals surface area contributed by atoms with Crippen LogP contribution in [0.2, 0.25) is 0 Å². The minimum absolute atomic E-state index is 0.153. The van der Waals surface area contributed by atoms with Gasteiger partial charge in [-0.3, -0.25) is 9.97 Å². The first-order chi connectivity index (χ1) is 24.9. The van der Waals surface area contributed by atoms with Gasteiger partial charge in [0.1, 0.15) is 12.1 Å². The van der Waals surface area contributed by atoms with Crippen LogP contribution in [0.25, 0.3) is 77.2 Å². The van der Waals surface area contributed by atoms with Crippen molar-refractivity contribution < 1.29 is 0 Å². The molecule has 4 heteroatoms. The molecule has 0 aliphatic heterocycles. The number of fused-ring (bicyclic) bond motifs is 5. The van der Waals surface area contributed by atoms with Crippen molar-refractivity contribution in [1.29, 1.82) is 10.5 Å². The van der Waals surface area contributed by atoms with E-state index < -0.39 is 0 Å². The van der Waals surface area contributed by atoms with E-state index >= 15 is 0 Å². The quantitative estimate of drug-likeness (QED) is 0.178. The van der Waals surface area contributed by atoms with Gasteiger partial charge < -0.3 is 0 Å². The fraction of sp³-hybridized carbons (Fsp3) is 0.0638. The maximum Gasteiger partial charge on any atom is 0.101 e. The molecule has 238 valence electrons. The molecule has 8 aromatic rings. The molecule has 0 radical (unpaired) electrons. The Kier molecular flexibility index (Phi) is 6.88. The van der Waals surface area contributed by atoms with Gasteiger partial charge in [0.2, 0.25) is 0 Å². The SMILES string of the molecule is CC1(C)c2ccccc2-c2cc3c(-c4ccc(-c5cncc(C#N)c5)cc4)c4ccccc4c(-c4ccc(-c5cncc(C#N)c5)cc4)c3cc21. The van der Waals surface area contributed by atoms with Gasteiger partial charge in [-0.05, 0) is 101 Å². The molecule has 0 bridgehead atoms. The minimum Gasteiger partial charge on any atom is -0.263 e. The molecular formula is C47H30N4. The van der Waals surface area contributed by atoms with Crippen molar-refractivity contribution in [2.24, 2.45) is 0 Å². The molecule has 0 spiro atoms.